The number of nitrogens with zero attached hydrogens (tertiary/aromatic N) is 3. The standard InChI is InChI=1S/C9H12N4OS/c1-6-10-7(5-15-6)9-12-11-8(4-14-3)13(9)2/h5H,4H2,1-3H3/p+1. The quantitative estimate of drug-likeness (QED) is 0.767. The summed E-state index contributed by atoms with van der Waals surface area (Å²) < 4.78 is 5.04. The van der Waals surface area contributed by atoms with Crippen molar-refractivity contribution in [1.82, 2.24) is 4.98 Å². The fourth-order valence-corrected chi connectivity index (χ4v) is 1.98. The van der Waals surface area contributed by atoms with Crippen LogP contribution in [0.2, 0.25) is 0 Å². The maximum Gasteiger partial charge on any atom is 0.278 e. The van der Waals surface area contributed by atoms with Crippen molar-refractivity contribution in [2.24, 2.45) is 10.2 Å². The van der Waals surface area contributed by atoms with Gasteiger partial charge in [-0.1, -0.05) is 10.2 Å². The molecule has 0 aromatic carbocycles. The van der Waals surface area contributed by atoms with Crippen LogP contribution in [-0.2, 0) is 4.74 Å². The molecule has 0 spiro atoms. The largest absolute Gasteiger partial charge is 0.372 e. The zero-order chi connectivity index (χ0) is 10.8. The highest BCUT2D eigenvalue weighted by atomic mass is 32.1. The highest BCUT2D eigenvalue weighted by molar-refractivity contribution is 7.09. The molecule has 2 rings (SSSR count). The van der Waals surface area contributed by atoms with Crippen LogP contribution >= 0.6 is 11.3 Å². The van der Waals surface area contributed by atoms with Gasteiger partial charge in [0.15, 0.2) is 5.69 Å². The number of methoxy groups -OCH3 is 1. The molecule has 5 nitrogen and oxygen atoms in total. The number of quaternary nitrogens is 1. The predicted molar refractivity (Wildman–Crippen MR) is 59.6 cm³/mol. The van der Waals surface area contributed by atoms with E-state index in [1.807, 2.05) is 19.4 Å². The van der Waals surface area contributed by atoms with Crippen LogP contribution in [0.15, 0.2) is 15.6 Å². The fraction of sp³-hybridized carbons (Fsp3) is 0.444. The minimum Gasteiger partial charge on any atom is -0.372 e. The van der Waals surface area contributed by atoms with E-state index in [9.17, 15) is 0 Å². The van der Waals surface area contributed by atoms with Gasteiger partial charge in [0.1, 0.15) is 6.61 Å². The van der Waals surface area contributed by atoms with Crippen LogP contribution in [0.3, 0.4) is 0 Å². The van der Waals surface area contributed by atoms with E-state index < -0.39 is 0 Å². The molecule has 1 unspecified atom stereocenters. The third-order valence-electron chi connectivity index (χ3n) is 2.20. The molecule has 1 aromatic rings. The number of amidine groups is 2. The Bertz CT molecular complexity index is 424. The molecule has 1 aliphatic rings. The Hall–Kier alpha value is -1.11. The summed E-state index contributed by atoms with van der Waals surface area (Å²) in [6.07, 6.45) is 0. The highest BCUT2D eigenvalue weighted by Crippen LogP contribution is 2.08. The van der Waals surface area contributed by atoms with E-state index in [2.05, 4.69) is 15.2 Å². The second kappa shape index (κ2) is 4.18. The fourth-order valence-electron chi connectivity index (χ4n) is 1.39. The van der Waals surface area contributed by atoms with Crippen molar-refractivity contribution in [3.63, 3.8) is 0 Å². The van der Waals surface area contributed by atoms with E-state index in [0.29, 0.717) is 6.61 Å². The molecule has 0 saturated heterocycles. The molecule has 6 heteroatoms. The minimum absolute atomic E-state index is 0.502. The van der Waals surface area contributed by atoms with E-state index >= 15 is 0 Å². The van der Waals surface area contributed by atoms with Gasteiger partial charge in [-0.25, -0.2) is 9.88 Å². The van der Waals surface area contributed by atoms with Gasteiger partial charge in [-0.15, -0.1) is 11.3 Å². The Balaban J connectivity index is 2.16. The first kappa shape index (κ1) is 10.4. The summed E-state index contributed by atoms with van der Waals surface area (Å²) in [4.78, 5) is 5.45. The average Bonchev–Trinajstić information content (AvgIpc) is 2.76. The molecule has 0 bridgehead atoms. The van der Waals surface area contributed by atoms with Crippen molar-refractivity contribution in [2.75, 3.05) is 20.8 Å². The lowest BCUT2D eigenvalue weighted by Crippen LogP contribution is -3.13. The van der Waals surface area contributed by atoms with E-state index in [0.717, 1.165) is 27.3 Å². The molecule has 0 saturated carbocycles. The predicted octanol–water partition coefficient (Wildman–Crippen LogP) is -0.314. The molecule has 1 N–H and O–H groups in total. The Morgan fingerprint density at radius 2 is 2.27 bits per heavy atom. The maximum absolute atomic E-state index is 5.04. The van der Waals surface area contributed by atoms with Crippen LogP contribution in [0.4, 0.5) is 0 Å². The number of likely N-dealkylation sites (N-methyl/N-ethyl adjacent to an activating group) is 1. The third kappa shape index (κ3) is 1.97. The van der Waals surface area contributed by atoms with Crippen molar-refractivity contribution < 1.29 is 9.64 Å². The SMILES string of the molecule is COCC1=NN=C(c2csc(C)n2)[NH+]1C. The van der Waals surface area contributed by atoms with E-state index in [1.165, 1.54) is 0 Å². The van der Waals surface area contributed by atoms with Gasteiger partial charge in [0.2, 0.25) is 0 Å². The van der Waals surface area contributed by atoms with Gasteiger partial charge in [-0.3, -0.25) is 0 Å². The van der Waals surface area contributed by atoms with E-state index in [4.69, 9.17) is 4.74 Å². The molecule has 0 radical (unpaired) electrons. The summed E-state index contributed by atoms with van der Waals surface area (Å²) in [6.45, 7) is 2.48. The van der Waals surface area contributed by atoms with Crippen LogP contribution in [0, 0.1) is 6.92 Å². The number of aryl methyl sites for hydroxylation is 1. The number of hydrogen-bond acceptors (Lipinski definition) is 5. The first-order chi connectivity index (χ1) is 7.22. The van der Waals surface area contributed by atoms with Crippen molar-refractivity contribution in [3.05, 3.63) is 16.1 Å². The van der Waals surface area contributed by atoms with Gasteiger partial charge in [-0.05, 0) is 6.92 Å². The second-order valence-corrected chi connectivity index (χ2v) is 4.37. The zero-order valence-electron chi connectivity index (χ0n) is 8.94. The Kier molecular flexibility index (Phi) is 2.90. The molecular weight excluding hydrogens is 212 g/mol. The summed E-state index contributed by atoms with van der Waals surface area (Å²) in [5.41, 5.74) is 0.907. The lowest BCUT2D eigenvalue weighted by Gasteiger charge is -2.07. The highest BCUT2D eigenvalue weighted by Gasteiger charge is 2.28. The smallest absolute Gasteiger partial charge is 0.278 e. The topological polar surface area (TPSA) is 51.3 Å². The van der Waals surface area contributed by atoms with Gasteiger partial charge in [0.25, 0.3) is 11.7 Å². The first-order valence-corrected chi connectivity index (χ1v) is 5.50. The number of ether oxygens (including phenoxy) is 1. The molecule has 0 amide bonds. The molecule has 1 atom stereocenters. The van der Waals surface area contributed by atoms with Crippen LogP contribution in [0.1, 0.15) is 10.7 Å². The lowest BCUT2D eigenvalue weighted by atomic mass is 10.4. The molecule has 0 fully saturated rings. The van der Waals surface area contributed by atoms with Gasteiger partial charge < -0.3 is 4.74 Å². The first-order valence-electron chi connectivity index (χ1n) is 4.62. The van der Waals surface area contributed by atoms with Crippen LogP contribution < -0.4 is 4.90 Å². The Morgan fingerprint density at radius 1 is 1.47 bits per heavy atom. The maximum atomic E-state index is 5.04. The van der Waals surface area contributed by atoms with Crippen LogP contribution in [0.25, 0.3) is 0 Å². The Labute approximate surface area is 92.1 Å². The summed E-state index contributed by atoms with van der Waals surface area (Å²) in [5.74, 6) is 1.75. The van der Waals surface area contributed by atoms with Gasteiger partial charge in [0, 0.05) is 12.5 Å². The number of thiazole rings is 1. The zero-order valence-corrected chi connectivity index (χ0v) is 9.76. The van der Waals surface area contributed by atoms with Crippen molar-refractivity contribution >= 4 is 23.0 Å². The van der Waals surface area contributed by atoms with Crippen molar-refractivity contribution in [3.8, 4) is 0 Å². The van der Waals surface area contributed by atoms with Crippen molar-refractivity contribution in [1.29, 1.82) is 0 Å². The molecule has 1 aliphatic heterocycles. The molecule has 80 valence electrons. The van der Waals surface area contributed by atoms with E-state index in [1.54, 1.807) is 18.4 Å². The normalized spacial score (nSPS) is 20.3. The van der Waals surface area contributed by atoms with E-state index in [-0.39, 0.29) is 0 Å². The van der Waals surface area contributed by atoms with Gasteiger partial charge in [-0.2, -0.15) is 0 Å². The molecule has 0 aliphatic carbocycles. The molecule has 15 heavy (non-hydrogen) atoms. The number of aromatic nitrogens is 1. The average molecular weight is 225 g/mol. The summed E-state index contributed by atoms with van der Waals surface area (Å²) in [5, 5.41) is 11.3. The van der Waals surface area contributed by atoms with Gasteiger partial charge >= 0.3 is 0 Å². The monoisotopic (exact) mass is 225 g/mol. The Morgan fingerprint density at radius 3 is 2.87 bits per heavy atom. The minimum atomic E-state index is 0.502. The lowest BCUT2D eigenvalue weighted by molar-refractivity contribution is -0.673. The molecular formula is C9H13N4OS+. The summed E-state index contributed by atoms with van der Waals surface area (Å²) in [6, 6.07) is 0. The van der Waals surface area contributed by atoms with Crippen LogP contribution in [0.5, 0.6) is 0 Å². The molecule has 2 heterocycles. The second-order valence-electron chi connectivity index (χ2n) is 3.31. The number of rotatable bonds is 3. The summed E-state index contributed by atoms with van der Waals surface area (Å²) >= 11 is 1.62. The van der Waals surface area contributed by atoms with Crippen molar-refractivity contribution in [2.45, 2.75) is 6.92 Å². The van der Waals surface area contributed by atoms with Crippen LogP contribution in [-0.4, -0.2) is 37.4 Å². The number of hydrogen-bond donors (Lipinski definition) is 1. The van der Waals surface area contributed by atoms with Gasteiger partial charge in [0.05, 0.1) is 12.1 Å². The third-order valence-corrected chi connectivity index (χ3v) is 2.97. The molecule has 1 aromatic heterocycles. The summed E-state index contributed by atoms with van der Waals surface area (Å²) in [7, 11) is 3.65. The number of nitrogens with one attached hydrogen (secondary N) is 1.